The largest absolute Gasteiger partial charge is 0.300 e. The summed E-state index contributed by atoms with van der Waals surface area (Å²) in [5.41, 5.74) is 2.17. The van der Waals surface area contributed by atoms with Crippen molar-refractivity contribution in [3.05, 3.63) is 71.3 Å². The Morgan fingerprint density at radius 1 is 0.889 bits per heavy atom. The summed E-state index contributed by atoms with van der Waals surface area (Å²) in [4.78, 5) is 23.3. The van der Waals surface area contributed by atoms with Crippen LogP contribution in [-0.4, -0.2) is 11.6 Å². The lowest BCUT2D eigenvalue weighted by atomic mass is 10.00. The van der Waals surface area contributed by atoms with Crippen LogP contribution in [0.3, 0.4) is 0 Å². The van der Waals surface area contributed by atoms with E-state index in [4.69, 9.17) is 0 Å². The number of benzene rings is 2. The quantitative estimate of drug-likeness (QED) is 0.767. The second-order valence-electron chi connectivity index (χ2n) is 4.27. The molecule has 0 aromatic heterocycles. The van der Waals surface area contributed by atoms with Crippen molar-refractivity contribution in [1.82, 2.24) is 0 Å². The van der Waals surface area contributed by atoms with Crippen molar-refractivity contribution in [3.8, 4) is 0 Å². The lowest BCUT2D eigenvalue weighted by Crippen LogP contribution is -2.03. The average molecular weight is 238 g/mol. The van der Waals surface area contributed by atoms with Crippen LogP contribution in [0.4, 0.5) is 0 Å². The van der Waals surface area contributed by atoms with Gasteiger partial charge in [-0.25, -0.2) is 0 Å². The van der Waals surface area contributed by atoms with Crippen LogP contribution in [0.25, 0.3) is 0 Å². The third-order valence-corrected chi connectivity index (χ3v) is 2.68. The molecule has 0 heterocycles. The Morgan fingerprint density at radius 3 is 2.22 bits per heavy atom. The van der Waals surface area contributed by atoms with Gasteiger partial charge in [0.25, 0.3) is 0 Å². The van der Waals surface area contributed by atoms with E-state index in [1.807, 2.05) is 30.3 Å². The molecule has 2 aromatic rings. The lowest BCUT2D eigenvalue weighted by molar-refractivity contribution is -0.116. The summed E-state index contributed by atoms with van der Waals surface area (Å²) >= 11 is 0. The second kappa shape index (κ2) is 5.41. The molecule has 90 valence electrons. The molecule has 2 aromatic carbocycles. The molecular weight excluding hydrogens is 224 g/mol. The van der Waals surface area contributed by atoms with Crippen LogP contribution in [0.5, 0.6) is 0 Å². The van der Waals surface area contributed by atoms with Crippen LogP contribution in [-0.2, 0) is 11.2 Å². The van der Waals surface area contributed by atoms with Gasteiger partial charge in [-0.2, -0.15) is 0 Å². The number of Topliss-reactive ketones (excluding diaryl/α,β-unsaturated/α-hetero) is 1. The highest BCUT2D eigenvalue weighted by atomic mass is 16.1. The molecule has 0 saturated carbocycles. The summed E-state index contributed by atoms with van der Waals surface area (Å²) < 4.78 is 0. The number of carbonyl (C=O) groups excluding carboxylic acids is 2. The zero-order valence-electron chi connectivity index (χ0n) is 10.2. The van der Waals surface area contributed by atoms with Crippen molar-refractivity contribution in [3.63, 3.8) is 0 Å². The van der Waals surface area contributed by atoms with Crippen molar-refractivity contribution in [2.24, 2.45) is 0 Å². The first kappa shape index (κ1) is 12.2. The molecule has 0 radical (unpaired) electrons. The summed E-state index contributed by atoms with van der Waals surface area (Å²) in [5.74, 6) is 0.0836. The number of hydrogen-bond acceptors (Lipinski definition) is 2. The fourth-order valence-electron chi connectivity index (χ4n) is 1.87. The SMILES string of the molecule is CC(=O)Cc1cccc(C(=O)c2ccccc2)c1. The van der Waals surface area contributed by atoms with Crippen LogP contribution < -0.4 is 0 Å². The normalized spacial score (nSPS) is 10.1. The first-order valence-electron chi connectivity index (χ1n) is 5.85. The van der Waals surface area contributed by atoms with E-state index < -0.39 is 0 Å². The molecule has 0 amide bonds. The van der Waals surface area contributed by atoms with Gasteiger partial charge in [-0.3, -0.25) is 9.59 Å². The minimum atomic E-state index is -0.0130. The molecule has 0 N–H and O–H groups in total. The molecule has 18 heavy (non-hydrogen) atoms. The van der Waals surface area contributed by atoms with E-state index >= 15 is 0 Å². The Labute approximate surface area is 106 Å². The lowest BCUT2D eigenvalue weighted by Gasteiger charge is -2.03. The molecular formula is C16H14O2. The van der Waals surface area contributed by atoms with Gasteiger partial charge in [-0.1, -0.05) is 48.5 Å². The zero-order valence-corrected chi connectivity index (χ0v) is 10.2. The number of rotatable bonds is 4. The number of hydrogen-bond donors (Lipinski definition) is 0. The smallest absolute Gasteiger partial charge is 0.193 e. The molecule has 0 aliphatic rings. The van der Waals surface area contributed by atoms with Crippen LogP contribution in [0.15, 0.2) is 54.6 Å². The van der Waals surface area contributed by atoms with E-state index in [0.717, 1.165) is 5.56 Å². The van der Waals surface area contributed by atoms with Crippen molar-refractivity contribution >= 4 is 11.6 Å². The van der Waals surface area contributed by atoms with Crippen molar-refractivity contribution in [2.45, 2.75) is 13.3 Å². The Balaban J connectivity index is 2.29. The molecule has 0 atom stereocenters. The third kappa shape index (κ3) is 2.92. The maximum atomic E-state index is 12.2. The fourth-order valence-corrected chi connectivity index (χ4v) is 1.87. The van der Waals surface area contributed by atoms with Gasteiger partial charge < -0.3 is 0 Å². The van der Waals surface area contributed by atoms with E-state index in [1.165, 1.54) is 0 Å². The van der Waals surface area contributed by atoms with Crippen LogP contribution in [0.1, 0.15) is 28.4 Å². The highest BCUT2D eigenvalue weighted by Gasteiger charge is 2.09. The van der Waals surface area contributed by atoms with Crippen LogP contribution >= 0.6 is 0 Å². The van der Waals surface area contributed by atoms with Crippen LogP contribution in [0.2, 0.25) is 0 Å². The van der Waals surface area contributed by atoms with Crippen molar-refractivity contribution < 1.29 is 9.59 Å². The summed E-state index contributed by atoms with van der Waals surface area (Å²) in [7, 11) is 0. The Morgan fingerprint density at radius 2 is 1.56 bits per heavy atom. The van der Waals surface area contributed by atoms with E-state index in [0.29, 0.717) is 17.5 Å². The molecule has 0 unspecified atom stereocenters. The number of ketones is 2. The van der Waals surface area contributed by atoms with Gasteiger partial charge in [-0.05, 0) is 18.6 Å². The van der Waals surface area contributed by atoms with Gasteiger partial charge in [0, 0.05) is 17.5 Å². The minimum absolute atomic E-state index is 0.0130. The monoisotopic (exact) mass is 238 g/mol. The van der Waals surface area contributed by atoms with Crippen LogP contribution in [0, 0.1) is 0 Å². The molecule has 2 rings (SSSR count). The Bertz CT molecular complexity index is 571. The maximum absolute atomic E-state index is 12.2. The molecule has 0 saturated heterocycles. The fraction of sp³-hybridized carbons (Fsp3) is 0.125. The zero-order chi connectivity index (χ0) is 13.0. The summed E-state index contributed by atoms with van der Waals surface area (Å²) in [5, 5.41) is 0. The average Bonchev–Trinajstić information content (AvgIpc) is 2.38. The first-order valence-corrected chi connectivity index (χ1v) is 5.85. The van der Waals surface area contributed by atoms with Crippen molar-refractivity contribution in [1.29, 1.82) is 0 Å². The third-order valence-electron chi connectivity index (χ3n) is 2.68. The molecule has 2 nitrogen and oxygen atoms in total. The predicted molar refractivity (Wildman–Crippen MR) is 70.7 cm³/mol. The Hall–Kier alpha value is -2.22. The van der Waals surface area contributed by atoms with Gasteiger partial charge >= 0.3 is 0 Å². The van der Waals surface area contributed by atoms with Gasteiger partial charge in [0.15, 0.2) is 5.78 Å². The van der Waals surface area contributed by atoms with Gasteiger partial charge in [-0.15, -0.1) is 0 Å². The molecule has 0 aliphatic heterocycles. The van der Waals surface area contributed by atoms with Crippen molar-refractivity contribution in [2.75, 3.05) is 0 Å². The highest BCUT2D eigenvalue weighted by molar-refractivity contribution is 6.09. The van der Waals surface area contributed by atoms with Gasteiger partial charge in [0.05, 0.1) is 0 Å². The predicted octanol–water partition coefficient (Wildman–Crippen LogP) is 3.05. The molecule has 0 bridgehead atoms. The minimum Gasteiger partial charge on any atom is -0.300 e. The molecule has 2 heteroatoms. The standard InChI is InChI=1S/C16H14O2/c1-12(17)10-13-6-5-9-15(11-13)16(18)14-7-3-2-4-8-14/h2-9,11H,10H2,1H3. The van der Waals surface area contributed by atoms with Gasteiger partial charge in [0.1, 0.15) is 5.78 Å². The van der Waals surface area contributed by atoms with E-state index in [-0.39, 0.29) is 11.6 Å². The maximum Gasteiger partial charge on any atom is 0.193 e. The first-order chi connectivity index (χ1) is 8.66. The van der Waals surface area contributed by atoms with Gasteiger partial charge in [0.2, 0.25) is 0 Å². The molecule has 0 spiro atoms. The Kier molecular flexibility index (Phi) is 3.68. The summed E-state index contributed by atoms with van der Waals surface area (Å²) in [6.45, 7) is 1.55. The van der Waals surface area contributed by atoms with E-state index in [9.17, 15) is 9.59 Å². The molecule has 0 fully saturated rings. The summed E-state index contributed by atoms with van der Waals surface area (Å²) in [6, 6.07) is 16.4. The van der Waals surface area contributed by atoms with E-state index in [2.05, 4.69) is 0 Å². The number of carbonyl (C=O) groups is 2. The second-order valence-corrected chi connectivity index (χ2v) is 4.27. The highest BCUT2D eigenvalue weighted by Crippen LogP contribution is 2.12. The topological polar surface area (TPSA) is 34.1 Å². The van der Waals surface area contributed by atoms with E-state index in [1.54, 1.807) is 31.2 Å². The molecule has 0 aliphatic carbocycles. The summed E-state index contributed by atoms with van der Waals surface area (Å²) in [6.07, 6.45) is 0.371.